The minimum Gasteiger partial charge on any atom is -0.339 e. The number of nitrogens with one attached hydrogen (secondary N) is 1. The number of nitrogens with zero attached hydrogens (tertiary/aromatic N) is 1. The molecule has 0 heterocycles. The maximum absolute atomic E-state index is 12.2. The summed E-state index contributed by atoms with van der Waals surface area (Å²) in [5, 5.41) is 3.53. The van der Waals surface area contributed by atoms with Crippen LogP contribution in [0.25, 0.3) is 6.08 Å². The average Bonchev–Trinajstić information content (AvgIpc) is 2.69. The van der Waals surface area contributed by atoms with E-state index in [4.69, 9.17) is 11.6 Å². The lowest BCUT2D eigenvalue weighted by atomic mass is 10.1. The van der Waals surface area contributed by atoms with E-state index in [0.29, 0.717) is 11.1 Å². The first-order valence-corrected chi connectivity index (χ1v) is 9.60. The molecule has 4 heteroatoms. The van der Waals surface area contributed by atoms with Crippen molar-refractivity contribution in [2.24, 2.45) is 0 Å². The molecule has 0 aliphatic heterocycles. The average molecular weight is 391 g/mol. The zero-order chi connectivity index (χ0) is 19.9. The van der Waals surface area contributed by atoms with E-state index in [1.165, 1.54) is 6.08 Å². The van der Waals surface area contributed by atoms with Gasteiger partial charge in [-0.25, -0.2) is 0 Å². The smallest absolute Gasteiger partial charge is 0.248 e. The van der Waals surface area contributed by atoms with Crippen LogP contribution in [-0.4, -0.2) is 11.9 Å². The number of hydrogen-bond donors (Lipinski definition) is 1. The van der Waals surface area contributed by atoms with E-state index in [1.807, 2.05) is 60.7 Å². The van der Waals surface area contributed by atoms with Gasteiger partial charge in [0.05, 0.1) is 0 Å². The summed E-state index contributed by atoms with van der Waals surface area (Å²) in [6.07, 6.45) is 3.25. The second-order valence-corrected chi connectivity index (χ2v) is 7.16. The Hall–Kier alpha value is -3.04. The van der Waals surface area contributed by atoms with E-state index in [0.717, 1.165) is 22.6 Å². The Morgan fingerprint density at radius 2 is 1.61 bits per heavy atom. The predicted octanol–water partition coefficient (Wildman–Crippen LogP) is 6.54. The fourth-order valence-electron chi connectivity index (χ4n) is 3.01. The summed E-state index contributed by atoms with van der Waals surface area (Å²) in [7, 11) is 0. The van der Waals surface area contributed by atoms with Gasteiger partial charge in [-0.05, 0) is 74.0 Å². The molecule has 0 aliphatic rings. The van der Waals surface area contributed by atoms with Crippen LogP contribution in [0.2, 0.25) is 5.02 Å². The largest absolute Gasteiger partial charge is 0.339 e. The molecule has 0 aromatic heterocycles. The SMILES string of the molecule is CC(C)N(c1ccccc1)c1ccc(NC(=O)/C=C/c2cccc(Cl)c2)cc1. The van der Waals surface area contributed by atoms with Crippen LogP contribution in [0.4, 0.5) is 17.1 Å². The maximum atomic E-state index is 12.2. The second-order valence-electron chi connectivity index (χ2n) is 6.72. The highest BCUT2D eigenvalue weighted by molar-refractivity contribution is 6.30. The fourth-order valence-corrected chi connectivity index (χ4v) is 3.20. The second kappa shape index (κ2) is 9.25. The zero-order valence-corrected chi connectivity index (χ0v) is 16.7. The predicted molar refractivity (Wildman–Crippen MR) is 119 cm³/mol. The van der Waals surface area contributed by atoms with E-state index >= 15 is 0 Å². The molecular weight excluding hydrogens is 368 g/mol. The van der Waals surface area contributed by atoms with Crippen molar-refractivity contribution in [3.05, 3.63) is 95.5 Å². The first-order valence-electron chi connectivity index (χ1n) is 9.22. The van der Waals surface area contributed by atoms with E-state index in [1.54, 1.807) is 12.1 Å². The number of anilines is 3. The number of rotatable bonds is 6. The van der Waals surface area contributed by atoms with Gasteiger partial charge in [0.2, 0.25) is 5.91 Å². The van der Waals surface area contributed by atoms with Gasteiger partial charge in [0.1, 0.15) is 0 Å². The third kappa shape index (κ3) is 5.24. The van der Waals surface area contributed by atoms with Gasteiger partial charge in [-0.3, -0.25) is 4.79 Å². The van der Waals surface area contributed by atoms with Crippen molar-refractivity contribution in [1.82, 2.24) is 0 Å². The van der Waals surface area contributed by atoms with Crippen molar-refractivity contribution < 1.29 is 4.79 Å². The molecule has 3 aromatic rings. The molecule has 0 saturated heterocycles. The van der Waals surface area contributed by atoms with Crippen LogP contribution in [-0.2, 0) is 4.79 Å². The molecule has 3 aromatic carbocycles. The highest BCUT2D eigenvalue weighted by Gasteiger charge is 2.12. The van der Waals surface area contributed by atoms with Gasteiger partial charge in [-0.2, -0.15) is 0 Å². The normalized spacial score (nSPS) is 11.0. The molecule has 0 spiro atoms. The molecule has 0 saturated carbocycles. The number of para-hydroxylation sites is 1. The summed E-state index contributed by atoms with van der Waals surface area (Å²) in [6.45, 7) is 4.31. The molecule has 3 nitrogen and oxygen atoms in total. The lowest BCUT2D eigenvalue weighted by molar-refractivity contribution is -0.111. The van der Waals surface area contributed by atoms with Crippen molar-refractivity contribution in [2.45, 2.75) is 19.9 Å². The van der Waals surface area contributed by atoms with Gasteiger partial charge in [0, 0.05) is 34.2 Å². The Morgan fingerprint density at radius 1 is 0.929 bits per heavy atom. The third-order valence-corrected chi connectivity index (χ3v) is 4.47. The van der Waals surface area contributed by atoms with Crippen LogP contribution in [0.3, 0.4) is 0 Å². The number of amides is 1. The van der Waals surface area contributed by atoms with E-state index in [2.05, 4.69) is 36.2 Å². The fraction of sp³-hybridized carbons (Fsp3) is 0.125. The molecule has 1 N–H and O–H groups in total. The summed E-state index contributed by atoms with van der Waals surface area (Å²) in [5.74, 6) is -0.184. The van der Waals surface area contributed by atoms with E-state index < -0.39 is 0 Å². The number of carbonyl (C=O) groups excluding carboxylic acids is 1. The van der Waals surface area contributed by atoms with Gasteiger partial charge in [0.25, 0.3) is 0 Å². The Morgan fingerprint density at radius 3 is 2.25 bits per heavy atom. The molecule has 0 atom stereocenters. The van der Waals surface area contributed by atoms with Gasteiger partial charge in [-0.15, -0.1) is 0 Å². The lowest BCUT2D eigenvalue weighted by Crippen LogP contribution is -2.25. The van der Waals surface area contributed by atoms with Crippen LogP contribution >= 0.6 is 11.6 Å². The molecule has 28 heavy (non-hydrogen) atoms. The molecule has 0 unspecified atom stereocenters. The van der Waals surface area contributed by atoms with Crippen molar-refractivity contribution in [3.8, 4) is 0 Å². The lowest BCUT2D eigenvalue weighted by Gasteiger charge is -2.29. The van der Waals surface area contributed by atoms with Crippen molar-refractivity contribution in [3.63, 3.8) is 0 Å². The molecule has 1 amide bonds. The van der Waals surface area contributed by atoms with Gasteiger partial charge in [-0.1, -0.05) is 41.9 Å². The minimum absolute atomic E-state index is 0.184. The maximum Gasteiger partial charge on any atom is 0.248 e. The minimum atomic E-state index is -0.184. The van der Waals surface area contributed by atoms with Crippen LogP contribution in [0.1, 0.15) is 19.4 Å². The van der Waals surface area contributed by atoms with Crippen LogP contribution in [0, 0.1) is 0 Å². The van der Waals surface area contributed by atoms with Crippen LogP contribution in [0.5, 0.6) is 0 Å². The van der Waals surface area contributed by atoms with E-state index in [9.17, 15) is 4.79 Å². The third-order valence-electron chi connectivity index (χ3n) is 4.24. The topological polar surface area (TPSA) is 32.3 Å². The summed E-state index contributed by atoms with van der Waals surface area (Å²) in [6, 6.07) is 25.8. The molecule has 0 aliphatic carbocycles. The summed E-state index contributed by atoms with van der Waals surface area (Å²) < 4.78 is 0. The van der Waals surface area contributed by atoms with Gasteiger partial charge in [0.15, 0.2) is 0 Å². The number of benzene rings is 3. The van der Waals surface area contributed by atoms with Crippen molar-refractivity contribution in [1.29, 1.82) is 0 Å². The molecule has 0 radical (unpaired) electrons. The first kappa shape index (κ1) is 19.7. The molecule has 0 fully saturated rings. The number of hydrogen-bond acceptors (Lipinski definition) is 2. The summed E-state index contributed by atoms with van der Waals surface area (Å²) >= 11 is 5.96. The summed E-state index contributed by atoms with van der Waals surface area (Å²) in [5.41, 5.74) is 3.85. The molecule has 0 bridgehead atoms. The Balaban J connectivity index is 1.69. The summed E-state index contributed by atoms with van der Waals surface area (Å²) in [4.78, 5) is 14.4. The Labute approximate surface area is 171 Å². The van der Waals surface area contributed by atoms with Gasteiger partial charge >= 0.3 is 0 Å². The highest BCUT2D eigenvalue weighted by Crippen LogP contribution is 2.28. The standard InChI is InChI=1S/C24H23ClN2O/c1-18(2)27(22-9-4-3-5-10-22)23-14-12-21(13-15-23)26-24(28)16-11-19-7-6-8-20(25)17-19/h3-18H,1-2H3,(H,26,28)/b16-11+. The first-order chi connectivity index (χ1) is 13.5. The Bertz CT molecular complexity index is 950. The van der Waals surface area contributed by atoms with Crippen molar-refractivity contribution >= 4 is 40.6 Å². The molecular formula is C24H23ClN2O. The zero-order valence-electron chi connectivity index (χ0n) is 16.0. The van der Waals surface area contributed by atoms with Crippen LogP contribution in [0.15, 0.2) is 84.9 Å². The molecule has 3 rings (SSSR count). The number of carbonyl (C=O) groups is 1. The molecule has 142 valence electrons. The monoisotopic (exact) mass is 390 g/mol. The number of halogens is 1. The Kier molecular flexibility index (Phi) is 6.51. The van der Waals surface area contributed by atoms with Crippen molar-refractivity contribution in [2.75, 3.05) is 10.2 Å². The van der Waals surface area contributed by atoms with E-state index in [-0.39, 0.29) is 5.91 Å². The highest BCUT2D eigenvalue weighted by atomic mass is 35.5. The quantitative estimate of drug-likeness (QED) is 0.484. The van der Waals surface area contributed by atoms with Crippen LogP contribution < -0.4 is 10.2 Å². The van der Waals surface area contributed by atoms with Gasteiger partial charge < -0.3 is 10.2 Å².